The number of nitrogens with zero attached hydrogens (tertiary/aromatic N) is 4. The van der Waals surface area contributed by atoms with Gasteiger partial charge in [-0.3, -0.25) is 29.4 Å². The summed E-state index contributed by atoms with van der Waals surface area (Å²) in [5, 5.41) is 31.3. The van der Waals surface area contributed by atoms with Crippen molar-refractivity contribution in [3.05, 3.63) is 74.5 Å². The normalized spacial score (nSPS) is 14.9. The molecule has 2 amide bonds. The van der Waals surface area contributed by atoms with E-state index in [9.17, 15) is 29.6 Å². The molecule has 1 aliphatic heterocycles. The third kappa shape index (κ3) is 3.75. The second kappa shape index (κ2) is 9.05. The van der Waals surface area contributed by atoms with Gasteiger partial charge in [-0.2, -0.15) is 0 Å². The summed E-state index contributed by atoms with van der Waals surface area (Å²) in [7, 11) is 0. The van der Waals surface area contributed by atoms with Crippen LogP contribution in [0, 0.1) is 10.1 Å². The SMILES string of the molecule is CCC(CC)N1C(=O)c2cccc(N=NC3=C([O-])c4cc([N+](=O)[O-])ccc4C3=O)c2C1=O.[Cu+2]. The van der Waals surface area contributed by atoms with Crippen molar-refractivity contribution in [3.8, 4) is 0 Å². The Bertz CT molecular complexity index is 1270. The summed E-state index contributed by atoms with van der Waals surface area (Å²) in [6.07, 6.45) is 1.20. The molecule has 0 fully saturated rings. The van der Waals surface area contributed by atoms with Crippen LogP contribution in [-0.4, -0.2) is 33.5 Å². The minimum Gasteiger partial charge on any atom is -0.870 e. The first-order valence-electron chi connectivity index (χ1n) is 9.97. The number of nitro benzene ring substituents is 1. The van der Waals surface area contributed by atoms with Crippen LogP contribution in [0.15, 0.2) is 52.3 Å². The number of imide groups is 1. The largest absolute Gasteiger partial charge is 2.00 e. The number of fused-ring (bicyclic) bond motifs is 2. The van der Waals surface area contributed by atoms with Gasteiger partial charge < -0.3 is 5.11 Å². The molecule has 2 aromatic carbocycles. The zero-order valence-corrected chi connectivity index (χ0v) is 18.4. The molecule has 0 bridgehead atoms. The minimum atomic E-state index is -0.786. The number of Topliss-reactive ketones (excluding diaryl/α,β-unsaturated/α-hetero) is 1. The molecule has 11 heteroatoms. The van der Waals surface area contributed by atoms with E-state index in [2.05, 4.69) is 10.2 Å². The van der Waals surface area contributed by atoms with Gasteiger partial charge in [-0.15, -0.1) is 10.2 Å². The van der Waals surface area contributed by atoms with Crippen LogP contribution in [0.1, 0.15) is 63.3 Å². The third-order valence-electron chi connectivity index (χ3n) is 5.62. The predicted molar refractivity (Wildman–Crippen MR) is 110 cm³/mol. The van der Waals surface area contributed by atoms with Crippen molar-refractivity contribution in [2.24, 2.45) is 10.2 Å². The molecule has 33 heavy (non-hydrogen) atoms. The van der Waals surface area contributed by atoms with E-state index in [0.29, 0.717) is 12.8 Å². The molecular formula is C22H17CuN4O6+. The number of amides is 2. The summed E-state index contributed by atoms with van der Waals surface area (Å²) in [6, 6.07) is 7.61. The molecule has 0 saturated heterocycles. The van der Waals surface area contributed by atoms with Crippen molar-refractivity contribution in [3.63, 3.8) is 0 Å². The zero-order chi connectivity index (χ0) is 23.2. The molecule has 1 radical (unpaired) electrons. The Morgan fingerprint density at radius 1 is 0.970 bits per heavy atom. The van der Waals surface area contributed by atoms with E-state index in [1.54, 1.807) is 0 Å². The summed E-state index contributed by atoms with van der Waals surface area (Å²) in [5.41, 5.74) is -0.640. The van der Waals surface area contributed by atoms with Gasteiger partial charge in [-0.25, -0.2) is 0 Å². The molecule has 10 nitrogen and oxygen atoms in total. The number of ketones is 1. The van der Waals surface area contributed by atoms with E-state index in [-0.39, 0.29) is 56.7 Å². The first-order valence-corrected chi connectivity index (χ1v) is 9.97. The summed E-state index contributed by atoms with van der Waals surface area (Å²) >= 11 is 0. The Morgan fingerprint density at radius 2 is 1.67 bits per heavy atom. The Kier molecular flexibility index (Phi) is 6.57. The van der Waals surface area contributed by atoms with Gasteiger partial charge in [-0.1, -0.05) is 25.7 Å². The molecule has 4 rings (SSSR count). The van der Waals surface area contributed by atoms with Crippen LogP contribution in [0.2, 0.25) is 0 Å². The van der Waals surface area contributed by atoms with Gasteiger partial charge in [0.15, 0.2) is 0 Å². The van der Waals surface area contributed by atoms with Gasteiger partial charge in [0.25, 0.3) is 17.5 Å². The molecule has 0 aromatic heterocycles. The third-order valence-corrected chi connectivity index (χ3v) is 5.62. The average Bonchev–Trinajstić information content (AvgIpc) is 3.18. The van der Waals surface area contributed by atoms with Crippen LogP contribution in [0.4, 0.5) is 11.4 Å². The van der Waals surface area contributed by atoms with Gasteiger partial charge in [0.05, 0.1) is 21.7 Å². The summed E-state index contributed by atoms with van der Waals surface area (Å²) < 4.78 is 0. The molecular weight excluding hydrogens is 480 g/mol. The Hall–Kier alpha value is -3.69. The molecule has 0 saturated carbocycles. The molecule has 0 unspecified atom stereocenters. The monoisotopic (exact) mass is 496 g/mol. The minimum absolute atomic E-state index is 0. The van der Waals surface area contributed by atoms with Crippen molar-refractivity contribution in [1.82, 2.24) is 4.90 Å². The van der Waals surface area contributed by atoms with Crippen molar-refractivity contribution >= 4 is 34.7 Å². The van der Waals surface area contributed by atoms with Crippen molar-refractivity contribution in [2.45, 2.75) is 32.7 Å². The maximum Gasteiger partial charge on any atom is 2.00 e. The zero-order valence-electron chi connectivity index (χ0n) is 17.5. The quantitative estimate of drug-likeness (QED) is 0.197. The summed E-state index contributed by atoms with van der Waals surface area (Å²) in [6.45, 7) is 3.77. The van der Waals surface area contributed by atoms with Crippen LogP contribution >= 0.6 is 0 Å². The topological polar surface area (TPSA) is 145 Å². The van der Waals surface area contributed by atoms with Crippen molar-refractivity contribution in [2.75, 3.05) is 0 Å². The Morgan fingerprint density at radius 3 is 2.30 bits per heavy atom. The van der Waals surface area contributed by atoms with Gasteiger partial charge in [0.1, 0.15) is 5.70 Å². The summed E-state index contributed by atoms with van der Waals surface area (Å²) in [5.74, 6) is -2.42. The standard InChI is InChI=1S/C22H18N4O6.Cu/c1-3-11(4-2)25-21(29)14-6-5-7-16(17(14)22(25)30)23-24-18-19(27)13-9-8-12(26(31)32)10-15(13)20(18)28;/h5-11,28H,3-4H2,1-2H3;/q;+2/p-1. The number of non-ortho nitro benzene ring substituents is 1. The van der Waals surface area contributed by atoms with E-state index in [4.69, 9.17) is 0 Å². The molecule has 1 aliphatic carbocycles. The molecule has 0 spiro atoms. The van der Waals surface area contributed by atoms with Crippen molar-refractivity contribution < 1.29 is 41.5 Å². The number of azo groups is 1. The van der Waals surface area contributed by atoms with Crippen LogP contribution < -0.4 is 5.11 Å². The molecule has 2 aromatic rings. The van der Waals surface area contributed by atoms with Gasteiger partial charge in [0, 0.05) is 23.7 Å². The van der Waals surface area contributed by atoms with Crippen LogP contribution in [0.3, 0.4) is 0 Å². The maximum atomic E-state index is 13.0. The number of allylic oxidation sites excluding steroid dienone is 1. The first kappa shape index (κ1) is 24.0. The number of nitro groups is 1. The maximum absolute atomic E-state index is 13.0. The fourth-order valence-corrected chi connectivity index (χ4v) is 3.94. The van der Waals surface area contributed by atoms with Crippen molar-refractivity contribution in [1.29, 1.82) is 0 Å². The van der Waals surface area contributed by atoms with Gasteiger partial charge in [-0.05, 0) is 36.6 Å². The number of carbonyl (C=O) groups excluding carboxylic acids is 3. The molecule has 0 atom stereocenters. The first-order chi connectivity index (χ1) is 15.3. The smallest absolute Gasteiger partial charge is 0.870 e. The van der Waals surface area contributed by atoms with Gasteiger partial charge >= 0.3 is 17.1 Å². The predicted octanol–water partition coefficient (Wildman–Crippen LogP) is 3.39. The molecule has 171 valence electrons. The van der Waals surface area contributed by atoms with Crippen LogP contribution in [0.25, 0.3) is 5.76 Å². The van der Waals surface area contributed by atoms with Crippen LogP contribution in [0.5, 0.6) is 0 Å². The second-order valence-electron chi connectivity index (χ2n) is 7.34. The Balaban J connectivity index is 0.00000306. The molecule has 2 aliphatic rings. The van der Waals surface area contributed by atoms with E-state index in [0.717, 1.165) is 12.1 Å². The fraction of sp³-hybridized carbons (Fsp3) is 0.227. The number of rotatable bonds is 6. The second-order valence-corrected chi connectivity index (χ2v) is 7.34. The number of carbonyl (C=O) groups is 3. The molecule has 1 heterocycles. The van der Waals surface area contributed by atoms with E-state index >= 15 is 0 Å². The van der Waals surface area contributed by atoms with Gasteiger partial charge in [0.2, 0.25) is 5.78 Å². The van der Waals surface area contributed by atoms with E-state index in [1.165, 1.54) is 29.2 Å². The van der Waals surface area contributed by atoms with E-state index < -0.39 is 34.0 Å². The Labute approximate surface area is 198 Å². The number of hydrogen-bond donors (Lipinski definition) is 0. The summed E-state index contributed by atoms with van der Waals surface area (Å²) in [4.78, 5) is 49.8. The number of benzene rings is 2. The number of hydrogen-bond acceptors (Lipinski definition) is 8. The van der Waals surface area contributed by atoms with Crippen LogP contribution in [-0.2, 0) is 17.1 Å². The molecule has 0 N–H and O–H groups in total. The fourth-order valence-electron chi connectivity index (χ4n) is 3.94. The van der Waals surface area contributed by atoms with E-state index in [1.807, 2.05) is 13.8 Å². The average molecular weight is 497 g/mol.